The number of hydrogen-bond acceptors (Lipinski definition) is 6. The minimum absolute atomic E-state index is 0.0462. The van der Waals surface area contributed by atoms with Gasteiger partial charge >= 0.3 is 0 Å². The van der Waals surface area contributed by atoms with Crippen molar-refractivity contribution in [1.82, 2.24) is 10.8 Å². The summed E-state index contributed by atoms with van der Waals surface area (Å²) in [6.07, 6.45) is -0.313. The fourth-order valence-electron chi connectivity index (χ4n) is 1.03. The lowest BCUT2D eigenvalue weighted by molar-refractivity contribution is -0.0391. The van der Waals surface area contributed by atoms with Gasteiger partial charge in [-0.3, -0.25) is 4.84 Å². The number of likely N-dealkylation sites (N-methyl/N-ethyl adjacent to an activating group) is 1. The van der Waals surface area contributed by atoms with E-state index in [1.165, 1.54) is 0 Å². The molecule has 2 unspecified atom stereocenters. The predicted molar refractivity (Wildman–Crippen MR) is 49.3 cm³/mol. The Labute approximate surface area is 77.9 Å². The molecule has 0 heterocycles. The third-order valence-electron chi connectivity index (χ3n) is 1.69. The third-order valence-corrected chi connectivity index (χ3v) is 1.69. The average Bonchev–Trinajstić information content (AvgIpc) is 2.14. The number of nitroso groups, excluding NO2 is 1. The van der Waals surface area contributed by atoms with Crippen molar-refractivity contribution in [1.29, 1.82) is 0 Å². The van der Waals surface area contributed by atoms with E-state index in [1.807, 2.05) is 0 Å². The molecule has 13 heavy (non-hydrogen) atoms. The summed E-state index contributed by atoms with van der Waals surface area (Å²) in [6, 6.07) is -0.0462. The van der Waals surface area contributed by atoms with Gasteiger partial charge in [-0.05, 0) is 7.05 Å². The summed E-state index contributed by atoms with van der Waals surface area (Å²) >= 11 is 0. The summed E-state index contributed by atoms with van der Waals surface area (Å²) in [5.41, 5.74) is 2.53. The van der Waals surface area contributed by atoms with E-state index in [-0.39, 0.29) is 18.7 Å². The molecule has 6 heteroatoms. The van der Waals surface area contributed by atoms with Crippen LogP contribution in [0.4, 0.5) is 0 Å². The maximum atomic E-state index is 10.1. The smallest absolute Gasteiger partial charge is 0.119 e. The van der Waals surface area contributed by atoms with E-state index in [9.17, 15) is 4.91 Å². The molecular weight excluding hydrogens is 174 g/mol. The van der Waals surface area contributed by atoms with Gasteiger partial charge in [0.15, 0.2) is 0 Å². The molecule has 0 spiro atoms. The molecule has 0 aliphatic carbocycles. The van der Waals surface area contributed by atoms with E-state index in [2.05, 4.69) is 16.0 Å². The van der Waals surface area contributed by atoms with Crippen LogP contribution < -0.4 is 10.8 Å². The Morgan fingerprint density at radius 2 is 2.15 bits per heavy atom. The lowest BCUT2D eigenvalue weighted by Crippen LogP contribution is -2.46. The molecule has 0 aromatic heterocycles. The topological polar surface area (TPSA) is 72.0 Å². The summed E-state index contributed by atoms with van der Waals surface area (Å²) in [5.74, 6) is 0. The largest absolute Gasteiger partial charge is 0.383 e. The first kappa shape index (κ1) is 12.4. The second-order valence-electron chi connectivity index (χ2n) is 2.52. The number of rotatable bonds is 8. The van der Waals surface area contributed by atoms with Crippen LogP contribution in [-0.2, 0) is 9.57 Å². The molecule has 0 saturated carbocycles. The van der Waals surface area contributed by atoms with Crippen LogP contribution in [0, 0.1) is 4.91 Å². The van der Waals surface area contributed by atoms with Crippen LogP contribution >= 0.6 is 0 Å². The molecule has 0 bridgehead atoms. The van der Waals surface area contributed by atoms with Crippen LogP contribution in [0.1, 0.15) is 0 Å². The van der Waals surface area contributed by atoms with Crippen LogP contribution in [0.3, 0.4) is 0 Å². The van der Waals surface area contributed by atoms with Gasteiger partial charge in [0.25, 0.3) is 0 Å². The maximum Gasteiger partial charge on any atom is 0.119 e. The molecule has 0 aliphatic heterocycles. The Kier molecular flexibility index (Phi) is 7.71. The van der Waals surface area contributed by atoms with E-state index in [1.54, 1.807) is 21.2 Å². The van der Waals surface area contributed by atoms with E-state index < -0.39 is 0 Å². The normalized spacial score (nSPS) is 15.3. The highest BCUT2D eigenvalue weighted by Crippen LogP contribution is 1.99. The van der Waals surface area contributed by atoms with Crippen LogP contribution in [0.2, 0.25) is 0 Å². The second-order valence-corrected chi connectivity index (χ2v) is 2.52. The van der Waals surface area contributed by atoms with Gasteiger partial charge in [0.05, 0.1) is 12.6 Å². The average molecular weight is 191 g/mol. The highest BCUT2D eigenvalue weighted by atomic mass is 16.7. The van der Waals surface area contributed by atoms with Crippen LogP contribution in [0.25, 0.3) is 0 Å². The standard InChI is InChI=1S/C7H17N3O3/c1-8-6(5-12-3)7(4-10-11)13-9-2/h6-9H,4-5H2,1-3H3. The number of nitrogens with zero attached hydrogens (tertiary/aromatic N) is 1. The van der Waals surface area contributed by atoms with Crippen LogP contribution in [0.15, 0.2) is 5.18 Å². The van der Waals surface area contributed by atoms with Crippen molar-refractivity contribution in [3.63, 3.8) is 0 Å². The monoisotopic (exact) mass is 191 g/mol. The van der Waals surface area contributed by atoms with Gasteiger partial charge in [0.1, 0.15) is 12.6 Å². The summed E-state index contributed by atoms with van der Waals surface area (Å²) in [4.78, 5) is 15.2. The molecular formula is C7H17N3O3. The molecule has 0 aromatic rings. The Bertz CT molecular complexity index is 134. The number of ether oxygens (including phenoxy) is 1. The summed E-state index contributed by atoms with van der Waals surface area (Å²) in [6.45, 7) is 0.564. The van der Waals surface area contributed by atoms with Crippen molar-refractivity contribution in [3.8, 4) is 0 Å². The fraction of sp³-hybridized carbons (Fsp3) is 1.00. The molecule has 0 aliphatic rings. The molecule has 2 N–H and O–H groups in total. The van der Waals surface area contributed by atoms with Crippen molar-refractivity contribution in [2.45, 2.75) is 12.1 Å². The quantitative estimate of drug-likeness (QED) is 0.400. The minimum atomic E-state index is -0.313. The Balaban J connectivity index is 4.02. The van der Waals surface area contributed by atoms with Crippen molar-refractivity contribution in [2.24, 2.45) is 5.18 Å². The number of hydroxylamine groups is 1. The molecule has 78 valence electrons. The minimum Gasteiger partial charge on any atom is -0.383 e. The van der Waals surface area contributed by atoms with E-state index in [4.69, 9.17) is 9.57 Å². The highest BCUT2D eigenvalue weighted by molar-refractivity contribution is 4.76. The predicted octanol–water partition coefficient (Wildman–Crippen LogP) is -0.493. The maximum absolute atomic E-state index is 10.1. The van der Waals surface area contributed by atoms with Gasteiger partial charge in [-0.15, -0.1) is 0 Å². The third kappa shape index (κ3) is 4.89. The second kappa shape index (κ2) is 8.06. The SMILES string of the molecule is CNOC(CN=O)C(COC)NC. The van der Waals surface area contributed by atoms with Gasteiger partial charge in [-0.1, -0.05) is 5.18 Å². The van der Waals surface area contributed by atoms with Crippen LogP contribution in [-0.4, -0.2) is 46.5 Å². The summed E-state index contributed by atoms with van der Waals surface area (Å²) in [5, 5.41) is 5.78. The van der Waals surface area contributed by atoms with E-state index in [0.29, 0.717) is 6.61 Å². The Morgan fingerprint density at radius 1 is 1.46 bits per heavy atom. The first-order chi connectivity index (χ1) is 6.29. The first-order valence-electron chi connectivity index (χ1n) is 4.07. The zero-order chi connectivity index (χ0) is 10.1. The molecule has 0 radical (unpaired) electrons. The lowest BCUT2D eigenvalue weighted by atomic mass is 10.2. The lowest BCUT2D eigenvalue weighted by Gasteiger charge is -2.23. The van der Waals surface area contributed by atoms with Crippen molar-refractivity contribution in [3.05, 3.63) is 4.91 Å². The van der Waals surface area contributed by atoms with Crippen LogP contribution in [0.5, 0.6) is 0 Å². The van der Waals surface area contributed by atoms with Gasteiger partial charge in [-0.25, -0.2) is 5.48 Å². The molecule has 0 fully saturated rings. The molecule has 0 aromatic carbocycles. The van der Waals surface area contributed by atoms with Crippen molar-refractivity contribution in [2.75, 3.05) is 34.4 Å². The molecule has 2 atom stereocenters. The molecule has 6 nitrogen and oxygen atoms in total. The number of hydrogen-bond donors (Lipinski definition) is 2. The van der Waals surface area contributed by atoms with Gasteiger partial charge < -0.3 is 10.1 Å². The molecule has 0 rings (SSSR count). The van der Waals surface area contributed by atoms with E-state index in [0.717, 1.165) is 0 Å². The van der Waals surface area contributed by atoms with Gasteiger partial charge in [0, 0.05) is 14.2 Å². The fourth-order valence-corrected chi connectivity index (χ4v) is 1.03. The first-order valence-corrected chi connectivity index (χ1v) is 4.07. The Morgan fingerprint density at radius 3 is 2.54 bits per heavy atom. The highest BCUT2D eigenvalue weighted by Gasteiger charge is 2.20. The summed E-state index contributed by atoms with van der Waals surface area (Å²) in [7, 11) is 5.01. The van der Waals surface area contributed by atoms with Crippen molar-refractivity contribution >= 4 is 0 Å². The Hall–Kier alpha value is -0.560. The molecule has 0 amide bonds. The van der Waals surface area contributed by atoms with Crippen molar-refractivity contribution < 1.29 is 9.57 Å². The zero-order valence-electron chi connectivity index (χ0n) is 8.24. The van der Waals surface area contributed by atoms with Gasteiger partial charge in [-0.2, -0.15) is 4.91 Å². The molecule has 0 saturated heterocycles. The van der Waals surface area contributed by atoms with E-state index >= 15 is 0 Å². The summed E-state index contributed by atoms with van der Waals surface area (Å²) < 4.78 is 4.95. The zero-order valence-corrected chi connectivity index (χ0v) is 8.24. The number of nitrogens with one attached hydrogen (secondary N) is 2. The number of methoxy groups -OCH3 is 1. The van der Waals surface area contributed by atoms with Gasteiger partial charge in [0.2, 0.25) is 0 Å².